The molecule has 0 aliphatic heterocycles. The summed E-state index contributed by atoms with van der Waals surface area (Å²) < 4.78 is 5.08. The van der Waals surface area contributed by atoms with Gasteiger partial charge in [-0.25, -0.2) is 0 Å². The van der Waals surface area contributed by atoms with E-state index in [2.05, 4.69) is 5.32 Å². The molecule has 1 rings (SSSR count). The molecule has 0 aromatic rings. The average molecular weight is 245 g/mol. The van der Waals surface area contributed by atoms with E-state index in [0.717, 1.165) is 19.3 Å². The van der Waals surface area contributed by atoms with E-state index in [1.165, 1.54) is 0 Å². The molecule has 0 aromatic carbocycles. The number of ether oxygens (including phenoxy) is 1. The second kappa shape index (κ2) is 7.63. The zero-order chi connectivity index (χ0) is 12.7. The fourth-order valence-corrected chi connectivity index (χ4v) is 2.47. The molecule has 17 heavy (non-hydrogen) atoms. The molecule has 1 aliphatic rings. The summed E-state index contributed by atoms with van der Waals surface area (Å²) in [6.07, 6.45) is 4.06. The van der Waals surface area contributed by atoms with E-state index >= 15 is 0 Å². The van der Waals surface area contributed by atoms with Gasteiger partial charge in [-0.3, -0.25) is 4.79 Å². The van der Waals surface area contributed by atoms with Gasteiger partial charge in [0.2, 0.25) is 0 Å². The van der Waals surface area contributed by atoms with Crippen LogP contribution in [-0.2, 0) is 9.53 Å². The molecule has 100 valence electrons. The number of rotatable bonds is 7. The van der Waals surface area contributed by atoms with Crippen molar-refractivity contribution in [2.45, 2.75) is 44.2 Å². The van der Waals surface area contributed by atoms with E-state index in [9.17, 15) is 4.79 Å². The van der Waals surface area contributed by atoms with Gasteiger partial charge in [0, 0.05) is 25.8 Å². The molecule has 0 amide bonds. The predicted molar refractivity (Wildman–Crippen MR) is 63.9 cm³/mol. The van der Waals surface area contributed by atoms with Gasteiger partial charge in [-0.2, -0.15) is 0 Å². The van der Waals surface area contributed by atoms with Gasteiger partial charge >= 0.3 is 5.97 Å². The topological polar surface area (TPSA) is 78.8 Å². The van der Waals surface area contributed by atoms with Crippen LogP contribution in [0.4, 0.5) is 0 Å². The molecular weight excluding hydrogens is 222 g/mol. The van der Waals surface area contributed by atoms with Crippen molar-refractivity contribution in [2.75, 3.05) is 20.3 Å². The van der Waals surface area contributed by atoms with Crippen LogP contribution in [0.5, 0.6) is 0 Å². The first-order valence-corrected chi connectivity index (χ1v) is 6.26. The van der Waals surface area contributed by atoms with Gasteiger partial charge < -0.3 is 20.3 Å². The van der Waals surface area contributed by atoms with Crippen molar-refractivity contribution < 1.29 is 19.7 Å². The Labute approximate surface area is 102 Å². The lowest BCUT2D eigenvalue weighted by Gasteiger charge is -2.31. The molecule has 0 spiro atoms. The maximum atomic E-state index is 10.9. The van der Waals surface area contributed by atoms with Crippen molar-refractivity contribution in [1.82, 2.24) is 5.32 Å². The molecule has 5 heteroatoms. The molecular formula is C12H23NO4. The minimum Gasteiger partial charge on any atom is -0.481 e. The Kier molecular flexibility index (Phi) is 6.47. The van der Waals surface area contributed by atoms with Crippen molar-refractivity contribution in [3.8, 4) is 0 Å². The SMILES string of the molecule is COCC(CCO)NC1CCCC(C(=O)O)C1. The summed E-state index contributed by atoms with van der Waals surface area (Å²) in [7, 11) is 1.63. The molecule has 0 bridgehead atoms. The van der Waals surface area contributed by atoms with Crippen LogP contribution in [0.1, 0.15) is 32.1 Å². The molecule has 3 unspecified atom stereocenters. The number of nitrogens with one attached hydrogen (secondary N) is 1. The Hall–Kier alpha value is -0.650. The van der Waals surface area contributed by atoms with Crippen LogP contribution in [0.25, 0.3) is 0 Å². The number of aliphatic hydroxyl groups is 1. The summed E-state index contributed by atoms with van der Waals surface area (Å²) in [4.78, 5) is 10.9. The summed E-state index contributed by atoms with van der Waals surface area (Å²) in [6, 6.07) is 0.346. The zero-order valence-electron chi connectivity index (χ0n) is 10.4. The average Bonchev–Trinajstić information content (AvgIpc) is 2.30. The monoisotopic (exact) mass is 245 g/mol. The first-order valence-electron chi connectivity index (χ1n) is 6.26. The molecule has 5 nitrogen and oxygen atoms in total. The smallest absolute Gasteiger partial charge is 0.306 e. The molecule has 3 atom stereocenters. The minimum atomic E-state index is -0.693. The van der Waals surface area contributed by atoms with Crippen molar-refractivity contribution in [2.24, 2.45) is 5.92 Å². The Bertz CT molecular complexity index is 229. The number of methoxy groups -OCH3 is 1. The number of carboxylic acids is 1. The third-order valence-electron chi connectivity index (χ3n) is 3.34. The second-order valence-corrected chi connectivity index (χ2v) is 4.73. The highest BCUT2D eigenvalue weighted by Gasteiger charge is 2.27. The highest BCUT2D eigenvalue weighted by Crippen LogP contribution is 2.24. The Morgan fingerprint density at radius 2 is 2.29 bits per heavy atom. The lowest BCUT2D eigenvalue weighted by atomic mass is 9.85. The van der Waals surface area contributed by atoms with Crippen molar-refractivity contribution in [3.63, 3.8) is 0 Å². The van der Waals surface area contributed by atoms with Crippen LogP contribution >= 0.6 is 0 Å². The number of hydrogen-bond acceptors (Lipinski definition) is 4. The quantitative estimate of drug-likeness (QED) is 0.612. The number of aliphatic hydroxyl groups excluding tert-OH is 1. The second-order valence-electron chi connectivity index (χ2n) is 4.73. The van der Waals surface area contributed by atoms with E-state index in [1.54, 1.807) is 7.11 Å². The molecule has 1 saturated carbocycles. The van der Waals surface area contributed by atoms with Gasteiger partial charge in [-0.05, 0) is 25.7 Å². The minimum absolute atomic E-state index is 0.113. The molecule has 0 heterocycles. The zero-order valence-corrected chi connectivity index (χ0v) is 10.4. The van der Waals surface area contributed by atoms with Gasteiger partial charge in [0.15, 0.2) is 0 Å². The fourth-order valence-electron chi connectivity index (χ4n) is 2.47. The van der Waals surface area contributed by atoms with E-state index in [0.29, 0.717) is 19.4 Å². The van der Waals surface area contributed by atoms with Gasteiger partial charge in [-0.1, -0.05) is 6.42 Å². The number of hydrogen-bond donors (Lipinski definition) is 3. The Balaban J connectivity index is 2.40. The standard InChI is InChI=1S/C12H23NO4/c1-17-8-11(5-6-14)13-10-4-2-3-9(7-10)12(15)16/h9-11,13-14H,2-8H2,1H3,(H,15,16). The predicted octanol–water partition coefficient (Wildman–Crippen LogP) is 0.617. The van der Waals surface area contributed by atoms with E-state index in [-0.39, 0.29) is 24.6 Å². The fraction of sp³-hybridized carbons (Fsp3) is 0.917. The molecule has 3 N–H and O–H groups in total. The van der Waals surface area contributed by atoms with E-state index in [4.69, 9.17) is 14.9 Å². The molecule has 0 saturated heterocycles. The number of carbonyl (C=O) groups is 1. The van der Waals surface area contributed by atoms with Crippen LogP contribution in [0, 0.1) is 5.92 Å². The molecule has 1 aliphatic carbocycles. The Morgan fingerprint density at radius 3 is 2.88 bits per heavy atom. The lowest BCUT2D eigenvalue weighted by Crippen LogP contribution is -2.44. The van der Waals surface area contributed by atoms with E-state index in [1.807, 2.05) is 0 Å². The number of carboxylic acid groups (broad SMARTS) is 1. The first kappa shape index (κ1) is 14.4. The highest BCUT2D eigenvalue weighted by atomic mass is 16.5. The maximum absolute atomic E-state index is 10.9. The van der Waals surface area contributed by atoms with Crippen LogP contribution in [0.3, 0.4) is 0 Å². The van der Waals surface area contributed by atoms with Crippen molar-refractivity contribution in [1.29, 1.82) is 0 Å². The van der Waals surface area contributed by atoms with Crippen LogP contribution in [0.2, 0.25) is 0 Å². The van der Waals surface area contributed by atoms with Gasteiger partial charge in [-0.15, -0.1) is 0 Å². The summed E-state index contributed by atoms with van der Waals surface area (Å²) in [5.74, 6) is -0.916. The van der Waals surface area contributed by atoms with Crippen LogP contribution in [-0.4, -0.2) is 48.6 Å². The highest BCUT2D eigenvalue weighted by molar-refractivity contribution is 5.70. The van der Waals surface area contributed by atoms with Gasteiger partial charge in [0.25, 0.3) is 0 Å². The maximum Gasteiger partial charge on any atom is 0.306 e. The summed E-state index contributed by atoms with van der Waals surface area (Å²) in [6.45, 7) is 0.672. The van der Waals surface area contributed by atoms with Crippen LogP contribution in [0.15, 0.2) is 0 Å². The summed E-state index contributed by atoms with van der Waals surface area (Å²) in [5.41, 5.74) is 0. The van der Waals surface area contributed by atoms with Gasteiger partial charge in [0.1, 0.15) is 0 Å². The normalized spacial score (nSPS) is 26.7. The summed E-state index contributed by atoms with van der Waals surface area (Å²) in [5, 5.41) is 21.3. The molecule has 1 fully saturated rings. The van der Waals surface area contributed by atoms with Crippen LogP contribution < -0.4 is 5.32 Å². The van der Waals surface area contributed by atoms with Crippen molar-refractivity contribution >= 4 is 5.97 Å². The molecule has 0 aromatic heterocycles. The summed E-state index contributed by atoms with van der Waals surface area (Å²) >= 11 is 0. The lowest BCUT2D eigenvalue weighted by molar-refractivity contribution is -0.143. The van der Waals surface area contributed by atoms with Gasteiger partial charge in [0.05, 0.1) is 12.5 Å². The first-order chi connectivity index (χ1) is 8.17. The molecule has 0 radical (unpaired) electrons. The van der Waals surface area contributed by atoms with E-state index < -0.39 is 5.97 Å². The van der Waals surface area contributed by atoms with Crippen molar-refractivity contribution in [3.05, 3.63) is 0 Å². The third kappa shape index (κ3) is 5.02. The third-order valence-corrected chi connectivity index (χ3v) is 3.34. The Morgan fingerprint density at radius 1 is 1.53 bits per heavy atom. The largest absolute Gasteiger partial charge is 0.481 e. The number of aliphatic carboxylic acids is 1.